The molecule has 153 valence electrons. The highest BCUT2D eigenvalue weighted by molar-refractivity contribution is 6.31. The number of ether oxygens (including phenoxy) is 1. The number of halogens is 2. The number of anilines is 2. The number of aromatic nitrogens is 2. The first-order chi connectivity index (χ1) is 14.0. The zero-order chi connectivity index (χ0) is 20.8. The van der Waals surface area contributed by atoms with E-state index in [1.165, 1.54) is 31.6 Å². The molecule has 6 nitrogen and oxygen atoms in total. The lowest BCUT2D eigenvalue weighted by molar-refractivity contribution is 0.284. The molecule has 29 heavy (non-hydrogen) atoms. The second-order valence-corrected chi connectivity index (χ2v) is 6.93. The highest BCUT2D eigenvalue weighted by atomic mass is 35.5. The summed E-state index contributed by atoms with van der Waals surface area (Å²) in [6.45, 7) is 0.161. The normalized spacial score (nSPS) is 11.0. The first kappa shape index (κ1) is 21.1. The number of rotatable bonds is 9. The van der Waals surface area contributed by atoms with Gasteiger partial charge < -0.3 is 20.3 Å². The van der Waals surface area contributed by atoms with Gasteiger partial charge in [0.1, 0.15) is 18.0 Å². The Kier molecular flexibility index (Phi) is 7.06. The summed E-state index contributed by atoms with van der Waals surface area (Å²) < 4.78 is 19.2. The summed E-state index contributed by atoms with van der Waals surface area (Å²) in [4.78, 5) is 8.47. The number of phenols is 1. The summed E-state index contributed by atoms with van der Waals surface area (Å²) in [6.07, 6.45) is 6.38. The van der Waals surface area contributed by atoms with E-state index in [9.17, 15) is 9.50 Å². The Hall–Kier alpha value is -2.64. The number of aromatic hydroxyl groups is 1. The molecule has 0 aliphatic rings. The molecule has 0 aliphatic carbocycles. The molecule has 0 spiro atoms. The molecule has 0 amide bonds. The minimum atomic E-state index is -0.495. The first-order valence-corrected chi connectivity index (χ1v) is 9.60. The smallest absolute Gasteiger partial charge is 0.162 e. The number of hydrogen-bond donors (Lipinski definition) is 3. The molecule has 1 radical (unpaired) electrons. The van der Waals surface area contributed by atoms with Gasteiger partial charge in [-0.2, -0.15) is 0 Å². The summed E-state index contributed by atoms with van der Waals surface area (Å²) in [6, 6.07) is 6.05. The Balaban J connectivity index is 1.91. The van der Waals surface area contributed by atoms with Crippen LogP contribution in [0.25, 0.3) is 10.9 Å². The molecule has 8 heteroatoms. The number of hydrogen-bond acceptors (Lipinski definition) is 6. The van der Waals surface area contributed by atoms with Crippen LogP contribution >= 0.6 is 11.6 Å². The maximum Gasteiger partial charge on any atom is 0.162 e. The summed E-state index contributed by atoms with van der Waals surface area (Å²) in [7, 11) is 1.46. The third-order valence-corrected chi connectivity index (χ3v) is 4.81. The van der Waals surface area contributed by atoms with Crippen molar-refractivity contribution in [1.29, 1.82) is 0 Å². The molecule has 0 aliphatic heterocycles. The van der Waals surface area contributed by atoms with Crippen LogP contribution < -0.4 is 10.1 Å². The van der Waals surface area contributed by atoms with Gasteiger partial charge in [0.15, 0.2) is 11.5 Å². The minimum Gasteiger partial charge on any atom is -0.504 e. The molecule has 3 aromatic rings. The molecule has 1 aromatic heterocycles. The second kappa shape index (κ2) is 9.71. The SMILES string of the molecule is COc1cc2ncnc(Nc3cc(Cl)c(F)cc3C[CH]CCCCO)c2cc1O. The Morgan fingerprint density at radius 1 is 1.21 bits per heavy atom. The average Bonchev–Trinajstić information content (AvgIpc) is 2.71. The third kappa shape index (κ3) is 5.05. The van der Waals surface area contributed by atoms with Gasteiger partial charge in [-0.05, 0) is 49.4 Å². The third-order valence-electron chi connectivity index (χ3n) is 4.52. The summed E-state index contributed by atoms with van der Waals surface area (Å²) in [5.41, 5.74) is 1.92. The van der Waals surface area contributed by atoms with E-state index in [-0.39, 0.29) is 17.4 Å². The molecule has 3 N–H and O–H groups in total. The summed E-state index contributed by atoms with van der Waals surface area (Å²) in [5.74, 6) is 0.237. The summed E-state index contributed by atoms with van der Waals surface area (Å²) >= 11 is 6.00. The zero-order valence-corrected chi connectivity index (χ0v) is 16.7. The molecular formula is C21H22ClFN3O3. The van der Waals surface area contributed by atoms with Crippen LogP contribution in [0.1, 0.15) is 24.8 Å². The predicted molar refractivity (Wildman–Crippen MR) is 111 cm³/mol. The fourth-order valence-electron chi connectivity index (χ4n) is 2.99. The predicted octanol–water partition coefficient (Wildman–Crippen LogP) is 4.79. The molecule has 0 fully saturated rings. The quantitative estimate of drug-likeness (QED) is 0.433. The molecule has 0 bridgehead atoms. The van der Waals surface area contributed by atoms with E-state index >= 15 is 0 Å². The fraction of sp³-hybridized carbons (Fsp3) is 0.286. The number of aliphatic hydroxyl groups excluding tert-OH is 1. The van der Waals surface area contributed by atoms with Crippen LogP contribution in [0.15, 0.2) is 30.6 Å². The summed E-state index contributed by atoms with van der Waals surface area (Å²) in [5, 5.41) is 22.8. The van der Waals surface area contributed by atoms with Crippen LogP contribution in [0.5, 0.6) is 11.5 Å². The van der Waals surface area contributed by atoms with Crippen molar-refractivity contribution in [2.24, 2.45) is 0 Å². The van der Waals surface area contributed by atoms with Gasteiger partial charge in [0.25, 0.3) is 0 Å². The van der Waals surface area contributed by atoms with Crippen molar-refractivity contribution in [3.8, 4) is 11.5 Å². The highest BCUT2D eigenvalue weighted by Gasteiger charge is 2.13. The van der Waals surface area contributed by atoms with E-state index in [4.69, 9.17) is 21.4 Å². The van der Waals surface area contributed by atoms with Gasteiger partial charge in [-0.1, -0.05) is 18.0 Å². The number of fused-ring (bicyclic) bond motifs is 1. The van der Waals surface area contributed by atoms with Crippen LogP contribution in [-0.4, -0.2) is 33.9 Å². The lowest BCUT2D eigenvalue weighted by Gasteiger charge is -2.14. The number of aliphatic hydroxyl groups is 1. The molecule has 0 atom stereocenters. The van der Waals surface area contributed by atoms with E-state index < -0.39 is 5.82 Å². The monoisotopic (exact) mass is 418 g/mol. The number of phenolic OH excluding ortho intramolecular Hbond substituents is 1. The zero-order valence-electron chi connectivity index (χ0n) is 16.0. The lowest BCUT2D eigenvalue weighted by Crippen LogP contribution is -2.02. The van der Waals surface area contributed by atoms with Crippen LogP contribution in [0.4, 0.5) is 15.9 Å². The van der Waals surface area contributed by atoms with Crippen LogP contribution in [0.2, 0.25) is 5.02 Å². The number of nitrogens with one attached hydrogen (secondary N) is 1. The largest absolute Gasteiger partial charge is 0.504 e. The topological polar surface area (TPSA) is 87.5 Å². The molecule has 3 rings (SSSR count). The van der Waals surface area contributed by atoms with Gasteiger partial charge in [-0.3, -0.25) is 0 Å². The van der Waals surface area contributed by atoms with Crippen molar-refractivity contribution in [2.75, 3.05) is 19.0 Å². The van der Waals surface area contributed by atoms with Crippen molar-refractivity contribution >= 4 is 34.0 Å². The van der Waals surface area contributed by atoms with Crippen molar-refractivity contribution in [3.63, 3.8) is 0 Å². The lowest BCUT2D eigenvalue weighted by atomic mass is 10.0. The van der Waals surface area contributed by atoms with Crippen LogP contribution in [0, 0.1) is 12.2 Å². The van der Waals surface area contributed by atoms with E-state index in [1.54, 1.807) is 6.07 Å². The Morgan fingerprint density at radius 2 is 2.03 bits per heavy atom. The van der Waals surface area contributed by atoms with Gasteiger partial charge in [0.05, 0.1) is 17.6 Å². The molecular weight excluding hydrogens is 397 g/mol. The number of unbranched alkanes of at least 4 members (excludes halogenated alkanes) is 3. The van der Waals surface area contributed by atoms with E-state index in [1.807, 2.05) is 6.42 Å². The Labute approximate surface area is 173 Å². The first-order valence-electron chi connectivity index (χ1n) is 9.22. The van der Waals surface area contributed by atoms with E-state index in [0.29, 0.717) is 34.6 Å². The highest BCUT2D eigenvalue weighted by Crippen LogP contribution is 2.35. The van der Waals surface area contributed by atoms with Crippen LogP contribution in [-0.2, 0) is 6.42 Å². The van der Waals surface area contributed by atoms with Gasteiger partial charge in [-0.15, -0.1) is 0 Å². The van der Waals surface area contributed by atoms with Gasteiger partial charge >= 0.3 is 0 Å². The van der Waals surface area contributed by atoms with Gasteiger partial charge in [-0.25, -0.2) is 14.4 Å². The average molecular weight is 419 g/mol. The van der Waals surface area contributed by atoms with Crippen molar-refractivity contribution < 1.29 is 19.3 Å². The van der Waals surface area contributed by atoms with E-state index in [2.05, 4.69) is 15.3 Å². The maximum absolute atomic E-state index is 14.0. The number of methoxy groups -OCH3 is 1. The molecule has 0 saturated carbocycles. The number of benzene rings is 2. The standard InChI is InChI=1S/C21H22ClFN3O3/c1-29-20-11-18-14(9-19(20)28)21(25-12-24-18)26-17-10-15(22)16(23)8-13(17)6-4-2-3-5-7-27/h4,8-12,27-28H,2-3,5-7H2,1H3,(H,24,25,26). The molecule has 0 unspecified atom stereocenters. The molecule has 2 aromatic carbocycles. The molecule has 0 saturated heterocycles. The fourth-order valence-corrected chi connectivity index (χ4v) is 3.16. The second-order valence-electron chi connectivity index (χ2n) is 6.52. The Bertz CT molecular complexity index is 1000. The minimum absolute atomic E-state index is 0.000548. The van der Waals surface area contributed by atoms with Gasteiger partial charge in [0.2, 0.25) is 0 Å². The van der Waals surface area contributed by atoms with Crippen LogP contribution in [0.3, 0.4) is 0 Å². The maximum atomic E-state index is 14.0. The van der Waals surface area contributed by atoms with Crippen molar-refractivity contribution in [3.05, 3.63) is 53.4 Å². The van der Waals surface area contributed by atoms with E-state index in [0.717, 1.165) is 24.8 Å². The van der Waals surface area contributed by atoms with Gasteiger partial charge in [0, 0.05) is 23.7 Å². The number of nitrogens with zero attached hydrogens (tertiary/aromatic N) is 2. The molecule has 1 heterocycles. The van der Waals surface area contributed by atoms with Crippen molar-refractivity contribution in [2.45, 2.75) is 25.7 Å². The Morgan fingerprint density at radius 3 is 2.79 bits per heavy atom. The van der Waals surface area contributed by atoms with Crippen molar-refractivity contribution in [1.82, 2.24) is 9.97 Å².